The van der Waals surface area contributed by atoms with E-state index in [-0.39, 0.29) is 11.4 Å². The smallest absolute Gasteiger partial charge is 0.270 e. The first kappa shape index (κ1) is 19.0. The van der Waals surface area contributed by atoms with Crippen LogP contribution in [0.3, 0.4) is 0 Å². The van der Waals surface area contributed by atoms with Gasteiger partial charge in [-0.2, -0.15) is 0 Å². The van der Waals surface area contributed by atoms with Crippen molar-refractivity contribution in [3.63, 3.8) is 0 Å². The summed E-state index contributed by atoms with van der Waals surface area (Å²) in [5, 5.41) is 10.2. The standard InChI is InChI=1S/C20H19F2N5O2/c1-10-4-5-12(20(3,28)19(21)22)6-13(10)15-7-25-18-17(23)26-14(9-27(15)18)16-8-24-11(2)29-16/h4-9,19,28H,1-3H3,(H2,23,26). The lowest BCUT2D eigenvalue weighted by atomic mass is 9.92. The van der Waals surface area contributed by atoms with Gasteiger partial charge in [0.25, 0.3) is 6.43 Å². The fraction of sp³-hybridized carbons (Fsp3) is 0.250. The molecule has 4 rings (SSSR count). The number of hydrogen-bond acceptors (Lipinski definition) is 6. The van der Waals surface area contributed by atoms with Crippen LogP contribution in [0.4, 0.5) is 14.6 Å². The fourth-order valence-corrected chi connectivity index (χ4v) is 3.15. The molecule has 7 nitrogen and oxygen atoms in total. The molecular weight excluding hydrogens is 380 g/mol. The van der Waals surface area contributed by atoms with Gasteiger partial charge in [0.2, 0.25) is 0 Å². The minimum atomic E-state index is -2.93. The minimum absolute atomic E-state index is 0.108. The Morgan fingerprint density at radius 3 is 2.62 bits per heavy atom. The highest BCUT2D eigenvalue weighted by atomic mass is 19.3. The fourth-order valence-electron chi connectivity index (χ4n) is 3.15. The zero-order valence-corrected chi connectivity index (χ0v) is 16.0. The number of halogens is 2. The Balaban J connectivity index is 1.92. The first-order valence-corrected chi connectivity index (χ1v) is 8.87. The minimum Gasteiger partial charge on any atom is -0.439 e. The monoisotopic (exact) mass is 399 g/mol. The maximum absolute atomic E-state index is 13.3. The second-order valence-electron chi connectivity index (χ2n) is 7.07. The molecule has 0 bridgehead atoms. The van der Waals surface area contributed by atoms with E-state index in [9.17, 15) is 13.9 Å². The summed E-state index contributed by atoms with van der Waals surface area (Å²) in [5.74, 6) is 1.13. The van der Waals surface area contributed by atoms with Crippen LogP contribution in [0.2, 0.25) is 0 Å². The lowest BCUT2D eigenvalue weighted by Gasteiger charge is -2.23. The van der Waals surface area contributed by atoms with Crippen LogP contribution in [0.5, 0.6) is 0 Å². The maximum atomic E-state index is 13.3. The highest BCUT2D eigenvalue weighted by Gasteiger charge is 2.34. The molecule has 29 heavy (non-hydrogen) atoms. The van der Waals surface area contributed by atoms with Gasteiger partial charge in [0.1, 0.15) is 11.3 Å². The second kappa shape index (κ2) is 6.63. The molecule has 0 aliphatic carbocycles. The van der Waals surface area contributed by atoms with Gasteiger partial charge in [-0.25, -0.2) is 23.7 Å². The number of aryl methyl sites for hydroxylation is 2. The van der Waals surface area contributed by atoms with Crippen LogP contribution in [0, 0.1) is 13.8 Å². The molecule has 1 aromatic carbocycles. The van der Waals surface area contributed by atoms with Crippen molar-refractivity contribution in [2.24, 2.45) is 0 Å². The van der Waals surface area contributed by atoms with E-state index in [0.29, 0.717) is 34.2 Å². The third-order valence-electron chi connectivity index (χ3n) is 4.91. The van der Waals surface area contributed by atoms with E-state index < -0.39 is 12.0 Å². The first-order valence-electron chi connectivity index (χ1n) is 8.87. The van der Waals surface area contributed by atoms with Crippen molar-refractivity contribution < 1.29 is 18.3 Å². The summed E-state index contributed by atoms with van der Waals surface area (Å²) >= 11 is 0. The largest absolute Gasteiger partial charge is 0.439 e. The number of benzene rings is 1. The van der Waals surface area contributed by atoms with Gasteiger partial charge in [-0.3, -0.25) is 4.40 Å². The summed E-state index contributed by atoms with van der Waals surface area (Å²) in [7, 11) is 0. The molecule has 0 aliphatic heterocycles. The SMILES string of the molecule is Cc1ncc(-c2cn3c(-c4cc(C(C)(O)C(F)F)ccc4C)cnc3c(N)n2)o1. The van der Waals surface area contributed by atoms with Gasteiger partial charge in [0.05, 0.1) is 18.1 Å². The third kappa shape index (κ3) is 3.13. The summed E-state index contributed by atoms with van der Waals surface area (Å²) < 4.78 is 33.9. The molecule has 0 spiro atoms. The molecule has 0 amide bonds. The normalized spacial score (nSPS) is 13.9. The van der Waals surface area contributed by atoms with Crippen LogP contribution in [0.15, 0.2) is 41.2 Å². The van der Waals surface area contributed by atoms with Crippen LogP contribution in [0.1, 0.15) is 23.9 Å². The van der Waals surface area contributed by atoms with E-state index in [1.54, 1.807) is 42.0 Å². The van der Waals surface area contributed by atoms with Crippen molar-refractivity contribution in [2.75, 3.05) is 5.73 Å². The number of nitrogens with zero attached hydrogens (tertiary/aromatic N) is 4. The van der Waals surface area contributed by atoms with Gasteiger partial charge < -0.3 is 15.3 Å². The summed E-state index contributed by atoms with van der Waals surface area (Å²) in [4.78, 5) is 12.7. The van der Waals surface area contributed by atoms with E-state index in [2.05, 4.69) is 15.0 Å². The number of alkyl halides is 2. The Bertz CT molecular complexity index is 1210. The highest BCUT2D eigenvalue weighted by Crippen LogP contribution is 2.34. The molecule has 0 saturated heterocycles. The predicted molar refractivity (Wildman–Crippen MR) is 103 cm³/mol. The molecule has 3 aromatic heterocycles. The molecular formula is C20H19F2N5O2. The van der Waals surface area contributed by atoms with Crippen molar-refractivity contribution in [3.05, 3.63) is 53.8 Å². The average molecular weight is 399 g/mol. The Morgan fingerprint density at radius 1 is 1.21 bits per heavy atom. The summed E-state index contributed by atoms with van der Waals surface area (Å²) in [5.41, 5.74) is 6.88. The maximum Gasteiger partial charge on any atom is 0.270 e. The van der Waals surface area contributed by atoms with Gasteiger partial charge in [-0.15, -0.1) is 0 Å². The predicted octanol–water partition coefficient (Wildman–Crippen LogP) is 3.72. The number of imidazole rings is 1. The average Bonchev–Trinajstić information content (AvgIpc) is 3.28. The quantitative estimate of drug-likeness (QED) is 0.542. The van der Waals surface area contributed by atoms with Crippen molar-refractivity contribution in [2.45, 2.75) is 32.8 Å². The second-order valence-corrected chi connectivity index (χ2v) is 7.07. The van der Waals surface area contributed by atoms with E-state index in [1.165, 1.54) is 6.07 Å². The molecule has 1 atom stereocenters. The molecule has 3 heterocycles. The summed E-state index contributed by atoms with van der Waals surface area (Å²) in [6.07, 6.45) is 1.91. The van der Waals surface area contributed by atoms with Crippen LogP contribution in [-0.4, -0.2) is 30.9 Å². The number of hydrogen-bond donors (Lipinski definition) is 2. The Kier molecular flexibility index (Phi) is 4.34. The molecule has 4 aromatic rings. The Morgan fingerprint density at radius 2 is 1.97 bits per heavy atom. The van der Waals surface area contributed by atoms with E-state index >= 15 is 0 Å². The number of aromatic nitrogens is 4. The number of oxazole rings is 1. The molecule has 3 N–H and O–H groups in total. The van der Waals surface area contributed by atoms with Gasteiger partial charge in [-0.1, -0.05) is 12.1 Å². The van der Waals surface area contributed by atoms with Crippen molar-refractivity contribution in [1.82, 2.24) is 19.4 Å². The van der Waals surface area contributed by atoms with Crippen LogP contribution in [-0.2, 0) is 5.60 Å². The number of nitrogens with two attached hydrogens (primary N) is 1. The topological polar surface area (TPSA) is 102 Å². The molecule has 0 saturated carbocycles. The lowest BCUT2D eigenvalue weighted by Crippen LogP contribution is -2.30. The van der Waals surface area contributed by atoms with Gasteiger partial charge >= 0.3 is 0 Å². The molecule has 0 aliphatic rings. The van der Waals surface area contributed by atoms with E-state index in [0.717, 1.165) is 12.5 Å². The summed E-state index contributed by atoms with van der Waals surface area (Å²) in [6, 6.07) is 4.72. The zero-order valence-electron chi connectivity index (χ0n) is 16.0. The van der Waals surface area contributed by atoms with Gasteiger partial charge in [-0.05, 0) is 31.0 Å². The molecule has 0 fully saturated rings. The molecule has 150 valence electrons. The highest BCUT2D eigenvalue weighted by molar-refractivity contribution is 5.74. The van der Waals surface area contributed by atoms with Crippen molar-refractivity contribution in [1.29, 1.82) is 0 Å². The van der Waals surface area contributed by atoms with E-state index in [4.69, 9.17) is 10.2 Å². The molecule has 0 radical (unpaired) electrons. The summed E-state index contributed by atoms with van der Waals surface area (Å²) in [6.45, 7) is 4.66. The van der Waals surface area contributed by atoms with E-state index in [1.807, 2.05) is 6.92 Å². The first-order chi connectivity index (χ1) is 13.7. The van der Waals surface area contributed by atoms with Crippen molar-refractivity contribution in [3.8, 4) is 22.7 Å². The van der Waals surface area contributed by atoms with Crippen LogP contribution < -0.4 is 5.73 Å². The van der Waals surface area contributed by atoms with Gasteiger partial charge in [0.15, 0.2) is 23.1 Å². The van der Waals surface area contributed by atoms with Crippen LogP contribution >= 0.6 is 0 Å². The number of anilines is 1. The molecule has 9 heteroatoms. The number of fused-ring (bicyclic) bond motifs is 1. The zero-order chi connectivity index (χ0) is 20.9. The molecule has 1 unspecified atom stereocenters. The Hall–Kier alpha value is -3.33. The third-order valence-corrected chi connectivity index (χ3v) is 4.91. The van der Waals surface area contributed by atoms with Crippen molar-refractivity contribution >= 4 is 11.5 Å². The number of rotatable bonds is 4. The van der Waals surface area contributed by atoms with Crippen LogP contribution in [0.25, 0.3) is 28.4 Å². The Labute approximate surface area is 164 Å². The number of nitrogen functional groups attached to an aromatic ring is 1. The van der Waals surface area contributed by atoms with Gasteiger partial charge in [0, 0.05) is 18.7 Å². The number of aliphatic hydroxyl groups is 1. The lowest BCUT2D eigenvalue weighted by molar-refractivity contribution is -0.0883.